The smallest absolute Gasteiger partial charge is 0.00239 e. The largest absolute Gasteiger partial charge is 0.0578 e. The van der Waals surface area contributed by atoms with Gasteiger partial charge in [-0.3, -0.25) is 0 Å². The van der Waals surface area contributed by atoms with Crippen molar-refractivity contribution >= 4 is 32.3 Å². The first-order valence-corrected chi connectivity index (χ1v) is 10.6. The third-order valence-electron chi connectivity index (χ3n) is 6.49. The van der Waals surface area contributed by atoms with Crippen LogP contribution in [0.4, 0.5) is 0 Å². The fourth-order valence-electron chi connectivity index (χ4n) is 5.05. The van der Waals surface area contributed by atoms with E-state index in [4.69, 9.17) is 0 Å². The molecular weight excluding hydrogens is 312 g/mol. The maximum absolute atomic E-state index is 2.41. The van der Waals surface area contributed by atoms with Crippen LogP contribution in [0, 0.1) is 0 Å². The molecule has 0 saturated carbocycles. The molecule has 4 aromatic carbocycles. The van der Waals surface area contributed by atoms with Crippen molar-refractivity contribution in [3.05, 3.63) is 59.7 Å². The average Bonchev–Trinajstić information content (AvgIpc) is 2.68. The zero-order valence-electron chi connectivity index (χ0n) is 15.7. The summed E-state index contributed by atoms with van der Waals surface area (Å²) >= 11 is 0. The maximum atomic E-state index is 2.41. The Morgan fingerprint density at radius 2 is 0.769 bits per heavy atom. The quantitative estimate of drug-likeness (QED) is 0.286. The topological polar surface area (TPSA) is 0 Å². The standard InChI is InChI=1S/C26H28/c1-2-4-6-8-10-20-12-14-22-16-15-21-13-11-19(9-7-5-3-1)23-17-18-24(20)26(22)25(21)23/h11-18H,1-10H2. The lowest BCUT2D eigenvalue weighted by Gasteiger charge is -2.16. The van der Waals surface area contributed by atoms with Gasteiger partial charge in [0.15, 0.2) is 0 Å². The van der Waals surface area contributed by atoms with Crippen LogP contribution < -0.4 is 0 Å². The summed E-state index contributed by atoms with van der Waals surface area (Å²) in [6.07, 6.45) is 13.5. The first kappa shape index (κ1) is 16.1. The first-order chi connectivity index (χ1) is 12.9. The Morgan fingerprint density at radius 3 is 1.23 bits per heavy atom. The molecule has 132 valence electrons. The van der Waals surface area contributed by atoms with Crippen LogP contribution in [0.3, 0.4) is 0 Å². The molecule has 0 spiro atoms. The van der Waals surface area contributed by atoms with E-state index < -0.39 is 0 Å². The lowest BCUT2D eigenvalue weighted by Crippen LogP contribution is -1.95. The lowest BCUT2D eigenvalue weighted by molar-refractivity contribution is 0.568. The third kappa shape index (κ3) is 2.76. The molecule has 0 heteroatoms. The van der Waals surface area contributed by atoms with E-state index in [1.54, 1.807) is 11.1 Å². The number of hydrogen-bond donors (Lipinski definition) is 0. The van der Waals surface area contributed by atoms with Gasteiger partial charge >= 0.3 is 0 Å². The van der Waals surface area contributed by atoms with Crippen molar-refractivity contribution < 1.29 is 0 Å². The summed E-state index contributed by atoms with van der Waals surface area (Å²) in [6.45, 7) is 0. The van der Waals surface area contributed by atoms with Crippen LogP contribution in [0.5, 0.6) is 0 Å². The summed E-state index contributed by atoms with van der Waals surface area (Å²) in [6, 6.07) is 18.9. The molecule has 4 aromatic rings. The molecule has 1 aliphatic rings. The minimum atomic E-state index is 1.22. The van der Waals surface area contributed by atoms with Gasteiger partial charge in [-0.2, -0.15) is 0 Å². The van der Waals surface area contributed by atoms with E-state index in [2.05, 4.69) is 48.5 Å². The molecule has 0 fully saturated rings. The van der Waals surface area contributed by atoms with Crippen LogP contribution in [0.15, 0.2) is 48.5 Å². The predicted molar refractivity (Wildman–Crippen MR) is 114 cm³/mol. The highest BCUT2D eigenvalue weighted by molar-refractivity contribution is 6.24. The van der Waals surface area contributed by atoms with E-state index in [1.807, 2.05) is 0 Å². The van der Waals surface area contributed by atoms with Crippen LogP contribution in [-0.4, -0.2) is 0 Å². The predicted octanol–water partition coefficient (Wildman–Crippen LogP) is 7.80. The summed E-state index contributed by atoms with van der Waals surface area (Å²) in [5.41, 5.74) is 3.09. The van der Waals surface area contributed by atoms with Crippen molar-refractivity contribution in [2.24, 2.45) is 0 Å². The van der Waals surface area contributed by atoms with Gasteiger partial charge in [-0.05, 0) is 69.1 Å². The number of aryl methyl sites for hydroxylation is 2. The number of fused-ring (bicyclic) bond motifs is 1. The zero-order chi connectivity index (χ0) is 17.3. The van der Waals surface area contributed by atoms with Crippen molar-refractivity contribution in [3.8, 4) is 0 Å². The monoisotopic (exact) mass is 340 g/mol. The molecule has 0 aliphatic heterocycles. The Labute approximate surface area is 156 Å². The summed E-state index contributed by atoms with van der Waals surface area (Å²) in [7, 11) is 0. The Morgan fingerprint density at radius 1 is 0.385 bits per heavy atom. The molecule has 0 radical (unpaired) electrons. The average molecular weight is 341 g/mol. The van der Waals surface area contributed by atoms with Gasteiger partial charge in [-0.15, -0.1) is 0 Å². The van der Waals surface area contributed by atoms with Crippen LogP contribution in [0.1, 0.15) is 62.5 Å². The van der Waals surface area contributed by atoms with Crippen molar-refractivity contribution in [1.29, 1.82) is 0 Å². The molecule has 0 amide bonds. The van der Waals surface area contributed by atoms with E-state index >= 15 is 0 Å². The van der Waals surface area contributed by atoms with Crippen LogP contribution in [0.2, 0.25) is 0 Å². The molecule has 0 atom stereocenters. The highest BCUT2D eigenvalue weighted by Crippen LogP contribution is 2.38. The molecule has 1 aliphatic carbocycles. The fraction of sp³-hybridized carbons (Fsp3) is 0.385. The van der Waals surface area contributed by atoms with Gasteiger partial charge in [-0.1, -0.05) is 87.1 Å². The van der Waals surface area contributed by atoms with Gasteiger partial charge in [-0.25, -0.2) is 0 Å². The van der Waals surface area contributed by atoms with E-state index in [1.165, 1.54) is 96.5 Å². The van der Waals surface area contributed by atoms with Crippen molar-refractivity contribution in [1.82, 2.24) is 0 Å². The third-order valence-corrected chi connectivity index (χ3v) is 6.49. The Balaban J connectivity index is 1.73. The van der Waals surface area contributed by atoms with Gasteiger partial charge in [0.25, 0.3) is 0 Å². The molecule has 26 heavy (non-hydrogen) atoms. The molecule has 0 aromatic heterocycles. The Hall–Kier alpha value is -2.08. The highest BCUT2D eigenvalue weighted by atomic mass is 14.2. The van der Waals surface area contributed by atoms with E-state index in [0.29, 0.717) is 0 Å². The second kappa shape index (κ2) is 6.91. The number of rotatable bonds is 0. The lowest BCUT2D eigenvalue weighted by atomic mass is 9.88. The molecule has 0 saturated heterocycles. The molecule has 0 unspecified atom stereocenters. The van der Waals surface area contributed by atoms with E-state index in [9.17, 15) is 0 Å². The van der Waals surface area contributed by atoms with Gasteiger partial charge < -0.3 is 0 Å². The maximum Gasteiger partial charge on any atom is -0.00239 e. The van der Waals surface area contributed by atoms with Gasteiger partial charge in [0.05, 0.1) is 0 Å². The van der Waals surface area contributed by atoms with Crippen LogP contribution >= 0.6 is 0 Å². The fourth-order valence-corrected chi connectivity index (χ4v) is 5.05. The summed E-state index contributed by atoms with van der Waals surface area (Å²) in [5.74, 6) is 0. The van der Waals surface area contributed by atoms with Crippen molar-refractivity contribution in [3.63, 3.8) is 0 Å². The SMILES string of the molecule is c1cc2ccc3ccc4c5ccc(c1CCCCCCCCCC4)c2c35. The van der Waals surface area contributed by atoms with E-state index in [0.717, 1.165) is 0 Å². The number of hydrogen-bond acceptors (Lipinski definition) is 0. The Bertz CT molecular complexity index is 955. The second-order valence-electron chi connectivity index (χ2n) is 8.20. The second-order valence-corrected chi connectivity index (χ2v) is 8.20. The summed E-state index contributed by atoms with van der Waals surface area (Å²) in [4.78, 5) is 0. The van der Waals surface area contributed by atoms with E-state index in [-0.39, 0.29) is 0 Å². The number of benzene rings is 4. The zero-order valence-corrected chi connectivity index (χ0v) is 15.7. The van der Waals surface area contributed by atoms with Crippen LogP contribution in [-0.2, 0) is 12.8 Å². The van der Waals surface area contributed by atoms with Gasteiger partial charge in [0, 0.05) is 0 Å². The minimum Gasteiger partial charge on any atom is -0.0578 e. The molecule has 2 bridgehead atoms. The molecule has 0 N–H and O–H groups in total. The summed E-state index contributed by atoms with van der Waals surface area (Å²) < 4.78 is 0. The summed E-state index contributed by atoms with van der Waals surface area (Å²) in [5, 5.41) is 8.80. The molecule has 5 rings (SSSR count). The van der Waals surface area contributed by atoms with Crippen molar-refractivity contribution in [2.45, 2.75) is 64.2 Å². The Kier molecular flexibility index (Phi) is 4.28. The molecular formula is C26H28. The normalized spacial score (nSPS) is 17.2. The highest BCUT2D eigenvalue weighted by Gasteiger charge is 2.13. The van der Waals surface area contributed by atoms with Gasteiger partial charge in [0.1, 0.15) is 0 Å². The van der Waals surface area contributed by atoms with Crippen LogP contribution in [0.25, 0.3) is 32.3 Å². The minimum absolute atomic E-state index is 1.22. The molecule has 0 heterocycles. The molecule has 0 nitrogen and oxygen atoms in total. The first-order valence-electron chi connectivity index (χ1n) is 10.6. The van der Waals surface area contributed by atoms with Crippen molar-refractivity contribution in [2.75, 3.05) is 0 Å². The van der Waals surface area contributed by atoms with Gasteiger partial charge in [0.2, 0.25) is 0 Å².